The smallest absolute Gasteiger partial charge is 0.323 e. The highest BCUT2D eigenvalue weighted by atomic mass is 127. The molecule has 1 aromatic rings. The summed E-state index contributed by atoms with van der Waals surface area (Å²) >= 11 is 2.06. The molecule has 1 heterocycles. The zero-order chi connectivity index (χ0) is 11.9. The summed E-state index contributed by atoms with van der Waals surface area (Å²) in [4.78, 5) is 24.1. The van der Waals surface area contributed by atoms with Crippen LogP contribution >= 0.6 is 22.6 Å². The molecule has 1 atom stereocenters. The van der Waals surface area contributed by atoms with Crippen molar-refractivity contribution >= 4 is 40.2 Å². The third-order valence-electron chi connectivity index (χ3n) is 2.64. The fraction of sp³-hybridized carbons (Fsp3) is 0.273. The number of carbonyl (C=O) groups excluding carboxylic acids is 1. The Hall–Kier alpha value is -1.11. The van der Waals surface area contributed by atoms with Crippen LogP contribution in [0.5, 0.6) is 0 Å². The van der Waals surface area contributed by atoms with Gasteiger partial charge in [-0.3, -0.25) is 14.5 Å². The van der Waals surface area contributed by atoms with E-state index in [0.29, 0.717) is 5.69 Å². The summed E-state index contributed by atoms with van der Waals surface area (Å²) in [5, 5.41) is 8.79. The van der Waals surface area contributed by atoms with Gasteiger partial charge in [0.2, 0.25) is 5.91 Å². The van der Waals surface area contributed by atoms with Crippen LogP contribution in [-0.4, -0.2) is 23.5 Å². The molecule has 0 bridgehead atoms. The Labute approximate surface area is 106 Å². The van der Waals surface area contributed by atoms with Crippen molar-refractivity contribution in [1.82, 2.24) is 0 Å². The maximum atomic E-state index is 12.1. The number of nitrogens with zero attached hydrogens (tertiary/aromatic N) is 1. The Morgan fingerprint density at radius 2 is 2.12 bits per heavy atom. The molecule has 0 saturated carbocycles. The second kappa shape index (κ2) is 3.73. The summed E-state index contributed by atoms with van der Waals surface area (Å²) in [6.45, 7) is 1.52. The number of fused-ring (bicyclic) bond motifs is 1. The fourth-order valence-electron chi connectivity index (χ4n) is 1.88. The molecule has 0 spiro atoms. The van der Waals surface area contributed by atoms with E-state index in [2.05, 4.69) is 22.6 Å². The first-order valence-corrected chi connectivity index (χ1v) is 5.84. The fourth-order valence-corrected chi connectivity index (χ4v) is 2.62. The zero-order valence-electron chi connectivity index (χ0n) is 8.61. The predicted octanol–water partition coefficient (Wildman–Crippen LogP) is 1.77. The molecule has 84 valence electrons. The van der Waals surface area contributed by atoms with Crippen molar-refractivity contribution in [2.24, 2.45) is 0 Å². The molecule has 0 fully saturated rings. The van der Waals surface area contributed by atoms with Gasteiger partial charge >= 0.3 is 5.97 Å². The molecule has 4 nitrogen and oxygen atoms in total. The summed E-state index contributed by atoms with van der Waals surface area (Å²) in [7, 11) is 0. The van der Waals surface area contributed by atoms with Gasteiger partial charge in [0.1, 0.15) is 9.97 Å². The molecule has 1 aliphatic heterocycles. The molecular formula is C11H10INO3. The van der Waals surface area contributed by atoms with Crippen LogP contribution in [0.2, 0.25) is 0 Å². The molecule has 1 amide bonds. The number of rotatable bonds is 2. The van der Waals surface area contributed by atoms with Gasteiger partial charge < -0.3 is 5.11 Å². The second-order valence-corrected chi connectivity index (χ2v) is 5.96. The third-order valence-corrected chi connectivity index (χ3v) is 3.68. The molecule has 5 heteroatoms. The highest BCUT2D eigenvalue weighted by Crippen LogP contribution is 2.45. The average Bonchev–Trinajstić information content (AvgIpc) is 2.41. The van der Waals surface area contributed by atoms with Gasteiger partial charge in [0.15, 0.2) is 0 Å². The van der Waals surface area contributed by atoms with Crippen LogP contribution in [0.25, 0.3) is 0 Å². The number of benzene rings is 1. The zero-order valence-corrected chi connectivity index (χ0v) is 10.8. The lowest BCUT2D eigenvalue weighted by Gasteiger charge is -2.17. The number of amides is 1. The Kier molecular flexibility index (Phi) is 2.65. The van der Waals surface area contributed by atoms with Gasteiger partial charge in [-0.1, -0.05) is 40.8 Å². The Morgan fingerprint density at radius 1 is 1.50 bits per heavy atom. The second-order valence-electron chi connectivity index (χ2n) is 3.81. The van der Waals surface area contributed by atoms with E-state index in [1.807, 2.05) is 12.1 Å². The summed E-state index contributed by atoms with van der Waals surface area (Å²) in [5.41, 5.74) is 1.58. The monoisotopic (exact) mass is 331 g/mol. The van der Waals surface area contributed by atoms with Crippen LogP contribution in [0.1, 0.15) is 12.5 Å². The van der Waals surface area contributed by atoms with Gasteiger partial charge in [0.25, 0.3) is 0 Å². The van der Waals surface area contributed by atoms with Gasteiger partial charge in [-0.2, -0.15) is 0 Å². The number of anilines is 1. The van der Waals surface area contributed by atoms with Crippen LogP contribution in [0.3, 0.4) is 0 Å². The van der Waals surface area contributed by atoms with Crippen LogP contribution in [0.15, 0.2) is 24.3 Å². The summed E-state index contributed by atoms with van der Waals surface area (Å²) in [6, 6.07) is 7.30. The van der Waals surface area contributed by atoms with E-state index < -0.39 is 9.39 Å². The number of hydrogen-bond donors (Lipinski definition) is 1. The van der Waals surface area contributed by atoms with Crippen molar-refractivity contribution < 1.29 is 14.7 Å². The predicted molar refractivity (Wildman–Crippen MR) is 67.8 cm³/mol. The number of alkyl halides is 1. The Morgan fingerprint density at radius 3 is 2.75 bits per heavy atom. The van der Waals surface area contributed by atoms with E-state index in [1.54, 1.807) is 19.1 Å². The standard InChI is InChI=1S/C11H10INO3/c1-11(12)7-4-2-3-5-8(7)13(10(11)16)6-9(14)15/h2-5H,6H2,1H3,(H,14,15). The van der Waals surface area contributed by atoms with Gasteiger partial charge in [0, 0.05) is 11.3 Å². The summed E-state index contributed by atoms with van der Waals surface area (Å²) < 4.78 is -0.663. The van der Waals surface area contributed by atoms with E-state index in [-0.39, 0.29) is 12.5 Å². The molecule has 1 aliphatic rings. The van der Waals surface area contributed by atoms with Gasteiger partial charge in [-0.15, -0.1) is 0 Å². The Balaban J connectivity index is 2.51. The number of hydrogen-bond acceptors (Lipinski definition) is 2. The van der Waals surface area contributed by atoms with E-state index >= 15 is 0 Å². The van der Waals surface area contributed by atoms with Gasteiger partial charge in [-0.25, -0.2) is 0 Å². The van der Waals surface area contributed by atoms with E-state index in [1.165, 1.54) is 4.90 Å². The maximum absolute atomic E-state index is 12.1. The molecule has 0 aliphatic carbocycles. The average molecular weight is 331 g/mol. The number of carboxylic acids is 1. The SMILES string of the molecule is CC1(I)C(=O)N(CC(=O)O)c2ccccc21. The summed E-state index contributed by atoms with van der Waals surface area (Å²) in [6.07, 6.45) is 0. The van der Waals surface area contributed by atoms with E-state index in [4.69, 9.17) is 5.11 Å². The first-order valence-electron chi connectivity index (χ1n) is 4.77. The molecule has 1 aromatic carbocycles. The molecule has 16 heavy (non-hydrogen) atoms. The molecule has 1 unspecified atom stereocenters. The third kappa shape index (κ3) is 1.59. The largest absolute Gasteiger partial charge is 0.480 e. The number of para-hydroxylation sites is 1. The van der Waals surface area contributed by atoms with Crippen molar-refractivity contribution in [1.29, 1.82) is 0 Å². The molecule has 1 N–H and O–H groups in total. The molecular weight excluding hydrogens is 321 g/mol. The van der Waals surface area contributed by atoms with Crippen molar-refractivity contribution in [3.63, 3.8) is 0 Å². The lowest BCUT2D eigenvalue weighted by Crippen LogP contribution is -2.37. The van der Waals surface area contributed by atoms with Crippen LogP contribution in [0, 0.1) is 0 Å². The van der Waals surface area contributed by atoms with Crippen LogP contribution in [0.4, 0.5) is 5.69 Å². The van der Waals surface area contributed by atoms with Crippen LogP contribution < -0.4 is 4.90 Å². The summed E-state index contributed by atoms with van der Waals surface area (Å²) in [5.74, 6) is -1.17. The lowest BCUT2D eigenvalue weighted by atomic mass is 10.0. The van der Waals surface area contributed by atoms with Crippen molar-refractivity contribution in [2.75, 3.05) is 11.4 Å². The number of carbonyl (C=O) groups is 2. The normalized spacial score (nSPS) is 23.4. The van der Waals surface area contributed by atoms with Crippen molar-refractivity contribution in [3.8, 4) is 0 Å². The topological polar surface area (TPSA) is 57.6 Å². The quantitative estimate of drug-likeness (QED) is 0.664. The first kappa shape index (κ1) is 11.4. The molecule has 0 radical (unpaired) electrons. The first-order chi connectivity index (χ1) is 7.44. The highest BCUT2D eigenvalue weighted by Gasteiger charge is 2.45. The molecule has 0 aromatic heterocycles. The van der Waals surface area contributed by atoms with Crippen molar-refractivity contribution in [3.05, 3.63) is 29.8 Å². The van der Waals surface area contributed by atoms with Crippen LogP contribution in [-0.2, 0) is 13.0 Å². The molecule has 0 saturated heterocycles. The van der Waals surface area contributed by atoms with E-state index in [9.17, 15) is 9.59 Å². The van der Waals surface area contributed by atoms with Gasteiger partial charge in [-0.05, 0) is 13.0 Å². The number of carboxylic acid groups (broad SMARTS) is 1. The maximum Gasteiger partial charge on any atom is 0.323 e. The minimum absolute atomic E-state index is 0.170. The van der Waals surface area contributed by atoms with E-state index in [0.717, 1.165) is 5.56 Å². The number of halogens is 1. The molecule has 2 rings (SSSR count). The Bertz CT molecular complexity index is 470. The lowest BCUT2D eigenvalue weighted by molar-refractivity contribution is -0.136. The highest BCUT2D eigenvalue weighted by molar-refractivity contribution is 14.1. The van der Waals surface area contributed by atoms with Crippen molar-refractivity contribution in [2.45, 2.75) is 10.3 Å². The minimum atomic E-state index is -1.00. The van der Waals surface area contributed by atoms with Gasteiger partial charge in [0.05, 0.1) is 0 Å². The number of aliphatic carboxylic acids is 1. The minimum Gasteiger partial charge on any atom is -0.480 e.